The highest BCUT2D eigenvalue weighted by molar-refractivity contribution is 7.92. The van der Waals surface area contributed by atoms with Crippen molar-refractivity contribution in [1.82, 2.24) is 14.8 Å². The minimum absolute atomic E-state index is 0.142. The van der Waals surface area contributed by atoms with Crippen LogP contribution in [0, 0.1) is 0 Å². The van der Waals surface area contributed by atoms with E-state index in [-0.39, 0.29) is 17.3 Å². The highest BCUT2D eigenvalue weighted by atomic mass is 32.2. The Labute approximate surface area is 98.7 Å². The number of aromatic nitrogens is 3. The molecule has 0 aliphatic rings. The van der Waals surface area contributed by atoms with E-state index in [0.717, 1.165) is 0 Å². The average Bonchev–Trinajstić information content (AvgIpc) is 2.86. The lowest BCUT2D eigenvalue weighted by atomic mass is 10.4. The van der Waals surface area contributed by atoms with E-state index in [1.165, 1.54) is 16.9 Å². The molecule has 0 aliphatic carbocycles. The summed E-state index contributed by atoms with van der Waals surface area (Å²) < 4.78 is 27.7. The number of rotatable bonds is 4. The Balaban J connectivity index is 2.24. The van der Waals surface area contributed by atoms with Crippen LogP contribution in [0.1, 0.15) is 5.69 Å². The van der Waals surface area contributed by atoms with Gasteiger partial charge < -0.3 is 10.7 Å². The van der Waals surface area contributed by atoms with Gasteiger partial charge in [0.05, 0.1) is 0 Å². The van der Waals surface area contributed by atoms with Crippen molar-refractivity contribution in [3.05, 3.63) is 30.2 Å². The lowest BCUT2D eigenvalue weighted by molar-refractivity contribution is 0.601. The van der Waals surface area contributed by atoms with Gasteiger partial charge in [0.1, 0.15) is 4.90 Å². The number of aryl methyl sites for hydroxylation is 1. The molecular weight excluding hydrogens is 242 g/mol. The zero-order valence-corrected chi connectivity index (χ0v) is 10.0. The standard InChI is InChI=1S/C9H13N5O2S/c1-14-3-2-9(12-14)13-17(15,16)8-4-7(5-10)11-6-8/h2-4,6,11H,5,10H2,1H3,(H,12,13). The van der Waals surface area contributed by atoms with E-state index in [9.17, 15) is 8.42 Å². The first-order valence-corrected chi connectivity index (χ1v) is 6.39. The largest absolute Gasteiger partial charge is 0.363 e. The van der Waals surface area contributed by atoms with Crippen LogP contribution in [0.25, 0.3) is 0 Å². The average molecular weight is 255 g/mol. The molecule has 0 fully saturated rings. The first-order chi connectivity index (χ1) is 8.01. The highest BCUT2D eigenvalue weighted by Gasteiger charge is 2.16. The summed E-state index contributed by atoms with van der Waals surface area (Å²) in [4.78, 5) is 2.92. The molecular formula is C9H13N5O2S. The van der Waals surface area contributed by atoms with Crippen LogP contribution in [0.15, 0.2) is 29.4 Å². The summed E-state index contributed by atoms with van der Waals surface area (Å²) in [6, 6.07) is 3.07. The van der Waals surface area contributed by atoms with Crippen molar-refractivity contribution in [1.29, 1.82) is 0 Å². The molecule has 2 heterocycles. The van der Waals surface area contributed by atoms with E-state index in [1.54, 1.807) is 19.3 Å². The van der Waals surface area contributed by atoms with Crippen LogP contribution in [0.4, 0.5) is 5.82 Å². The first kappa shape index (κ1) is 11.7. The predicted molar refractivity (Wildman–Crippen MR) is 62.7 cm³/mol. The van der Waals surface area contributed by atoms with Gasteiger partial charge in [-0.3, -0.25) is 9.40 Å². The van der Waals surface area contributed by atoms with Crippen LogP contribution in [0.2, 0.25) is 0 Å². The van der Waals surface area contributed by atoms with Gasteiger partial charge in [0, 0.05) is 37.7 Å². The Kier molecular flexibility index (Phi) is 2.90. The van der Waals surface area contributed by atoms with Crippen LogP contribution in [-0.2, 0) is 23.6 Å². The smallest absolute Gasteiger partial charge is 0.264 e. The maximum atomic E-state index is 11.9. The normalized spacial score (nSPS) is 11.6. The molecule has 2 rings (SSSR count). The van der Waals surface area contributed by atoms with E-state index < -0.39 is 10.0 Å². The summed E-state index contributed by atoms with van der Waals surface area (Å²) in [5, 5.41) is 3.94. The van der Waals surface area contributed by atoms with E-state index in [4.69, 9.17) is 5.73 Å². The Morgan fingerprint density at radius 1 is 1.59 bits per heavy atom. The zero-order valence-electron chi connectivity index (χ0n) is 9.21. The quantitative estimate of drug-likeness (QED) is 0.715. The fourth-order valence-corrected chi connectivity index (χ4v) is 2.37. The van der Waals surface area contributed by atoms with Crippen LogP contribution in [0.5, 0.6) is 0 Å². The van der Waals surface area contributed by atoms with E-state index >= 15 is 0 Å². The Hall–Kier alpha value is -1.80. The van der Waals surface area contributed by atoms with Crippen molar-refractivity contribution in [2.75, 3.05) is 4.72 Å². The van der Waals surface area contributed by atoms with Crippen LogP contribution in [0.3, 0.4) is 0 Å². The molecule has 0 saturated carbocycles. The minimum atomic E-state index is -3.60. The van der Waals surface area contributed by atoms with Crippen molar-refractivity contribution < 1.29 is 8.42 Å². The van der Waals surface area contributed by atoms with Crippen LogP contribution < -0.4 is 10.5 Å². The van der Waals surface area contributed by atoms with E-state index in [2.05, 4.69) is 14.8 Å². The molecule has 0 bridgehead atoms. The van der Waals surface area contributed by atoms with Crippen molar-refractivity contribution in [2.24, 2.45) is 12.8 Å². The number of nitrogens with two attached hydrogens (primary N) is 1. The number of hydrogen-bond donors (Lipinski definition) is 3. The SMILES string of the molecule is Cn1ccc(NS(=O)(=O)c2c[nH]c(CN)c2)n1. The number of nitrogens with zero attached hydrogens (tertiary/aromatic N) is 2. The summed E-state index contributed by atoms with van der Waals surface area (Å²) in [7, 11) is -1.89. The molecule has 0 aliphatic heterocycles. The number of nitrogens with one attached hydrogen (secondary N) is 2. The molecule has 0 aromatic carbocycles. The summed E-state index contributed by atoms with van der Waals surface area (Å²) in [6.45, 7) is 0.263. The van der Waals surface area contributed by atoms with E-state index in [0.29, 0.717) is 5.69 Å². The van der Waals surface area contributed by atoms with Gasteiger partial charge in [0.2, 0.25) is 0 Å². The van der Waals surface area contributed by atoms with E-state index in [1.807, 2.05) is 0 Å². The monoisotopic (exact) mass is 255 g/mol. The summed E-state index contributed by atoms with van der Waals surface area (Å²) in [5.74, 6) is 0.281. The second-order valence-corrected chi connectivity index (χ2v) is 5.23. The number of H-pyrrole nitrogens is 1. The van der Waals surface area contributed by atoms with Crippen LogP contribution >= 0.6 is 0 Å². The van der Waals surface area contributed by atoms with Crippen molar-refractivity contribution in [3.63, 3.8) is 0 Å². The van der Waals surface area contributed by atoms with Gasteiger partial charge in [0.25, 0.3) is 10.0 Å². The fraction of sp³-hybridized carbons (Fsp3) is 0.222. The number of hydrogen-bond acceptors (Lipinski definition) is 4. The molecule has 2 aromatic heterocycles. The molecule has 0 radical (unpaired) electrons. The third kappa shape index (κ3) is 2.48. The molecule has 0 atom stereocenters. The molecule has 0 saturated heterocycles. The predicted octanol–water partition coefficient (Wildman–Crippen LogP) is 0.00770. The lowest BCUT2D eigenvalue weighted by Gasteiger charge is -2.02. The van der Waals surface area contributed by atoms with Gasteiger partial charge in [-0.1, -0.05) is 0 Å². The summed E-state index contributed by atoms with van der Waals surface area (Å²) in [6.07, 6.45) is 3.05. The van der Waals surface area contributed by atoms with Gasteiger partial charge in [-0.05, 0) is 6.07 Å². The Morgan fingerprint density at radius 3 is 2.88 bits per heavy atom. The molecule has 0 spiro atoms. The molecule has 17 heavy (non-hydrogen) atoms. The Bertz CT molecular complexity index is 613. The maximum Gasteiger partial charge on any atom is 0.264 e. The molecule has 0 amide bonds. The topological polar surface area (TPSA) is 106 Å². The molecule has 2 aromatic rings. The molecule has 0 unspecified atom stereocenters. The second kappa shape index (κ2) is 4.22. The molecule has 92 valence electrons. The van der Waals surface area contributed by atoms with Gasteiger partial charge >= 0.3 is 0 Å². The van der Waals surface area contributed by atoms with Crippen molar-refractivity contribution in [3.8, 4) is 0 Å². The number of anilines is 1. The second-order valence-electron chi connectivity index (χ2n) is 3.54. The first-order valence-electron chi connectivity index (χ1n) is 4.91. The molecule has 4 N–H and O–H groups in total. The maximum absolute atomic E-state index is 11.9. The summed E-state index contributed by atoms with van der Waals surface area (Å²) >= 11 is 0. The van der Waals surface area contributed by atoms with Crippen molar-refractivity contribution >= 4 is 15.8 Å². The van der Waals surface area contributed by atoms with Crippen molar-refractivity contribution in [2.45, 2.75) is 11.4 Å². The zero-order chi connectivity index (χ0) is 12.5. The van der Waals surface area contributed by atoms with Gasteiger partial charge in [-0.2, -0.15) is 5.10 Å². The van der Waals surface area contributed by atoms with Gasteiger partial charge in [-0.25, -0.2) is 8.42 Å². The lowest BCUT2D eigenvalue weighted by Crippen LogP contribution is -2.12. The highest BCUT2D eigenvalue weighted by Crippen LogP contribution is 2.14. The Morgan fingerprint density at radius 2 is 2.35 bits per heavy atom. The third-order valence-electron chi connectivity index (χ3n) is 2.20. The molecule has 8 heteroatoms. The third-order valence-corrected chi connectivity index (χ3v) is 3.53. The molecule has 7 nitrogen and oxygen atoms in total. The van der Waals surface area contributed by atoms with Crippen LogP contribution in [-0.4, -0.2) is 23.2 Å². The number of sulfonamides is 1. The minimum Gasteiger partial charge on any atom is -0.363 e. The summed E-state index contributed by atoms with van der Waals surface area (Å²) in [5.41, 5.74) is 6.06. The number of aromatic amines is 1. The van der Waals surface area contributed by atoms with Gasteiger partial charge in [-0.15, -0.1) is 0 Å². The van der Waals surface area contributed by atoms with Gasteiger partial charge in [0.15, 0.2) is 5.82 Å². The fourth-order valence-electron chi connectivity index (χ4n) is 1.36.